The van der Waals surface area contributed by atoms with Gasteiger partial charge in [-0.15, -0.1) is 0 Å². The summed E-state index contributed by atoms with van der Waals surface area (Å²) < 4.78 is 0. The fourth-order valence-electron chi connectivity index (χ4n) is 3.32. The highest BCUT2D eigenvalue weighted by molar-refractivity contribution is 7.80. The third-order valence-electron chi connectivity index (χ3n) is 5.44. The van der Waals surface area contributed by atoms with E-state index in [0.717, 1.165) is 41.7 Å². The average Bonchev–Trinajstić information content (AvgIpc) is 2.71. The molecule has 1 unspecified atom stereocenters. The Labute approximate surface area is 181 Å². The number of allylic oxidation sites excluding steroid dienone is 2. The van der Waals surface area contributed by atoms with Crippen molar-refractivity contribution in [1.82, 2.24) is 0 Å². The lowest BCUT2D eigenvalue weighted by atomic mass is 9.90. The summed E-state index contributed by atoms with van der Waals surface area (Å²) in [7, 11) is 0. The zero-order chi connectivity index (χ0) is 21.4. The van der Waals surface area contributed by atoms with Gasteiger partial charge in [0.05, 0.1) is 0 Å². The minimum atomic E-state index is 0.0941. The molecule has 0 aliphatic carbocycles. The number of Topliss-reactive ketones (excluding diaryl/α,β-unsaturated/α-hetero) is 1. The summed E-state index contributed by atoms with van der Waals surface area (Å²) in [6, 6.07) is 17.1. The molecule has 0 N–H and O–H groups in total. The quantitative estimate of drug-likeness (QED) is 0.288. The molecule has 0 amide bonds. The van der Waals surface area contributed by atoms with Crippen molar-refractivity contribution >= 4 is 22.9 Å². The van der Waals surface area contributed by atoms with Crippen LogP contribution in [0.3, 0.4) is 0 Å². The van der Waals surface area contributed by atoms with Gasteiger partial charge in [-0.3, -0.25) is 4.79 Å². The lowest BCUT2D eigenvalue weighted by molar-refractivity contribution is -0.114. The van der Waals surface area contributed by atoms with Crippen molar-refractivity contribution in [2.24, 2.45) is 5.92 Å². The number of carbonyl (C=O) groups excluding carboxylic acids is 1. The van der Waals surface area contributed by atoms with E-state index in [9.17, 15) is 4.79 Å². The molecular weight excluding hydrogens is 372 g/mol. The van der Waals surface area contributed by atoms with Crippen LogP contribution in [0.4, 0.5) is 0 Å². The number of rotatable bonds is 11. The van der Waals surface area contributed by atoms with Crippen molar-refractivity contribution in [3.8, 4) is 11.1 Å². The zero-order valence-electron chi connectivity index (χ0n) is 18.0. The van der Waals surface area contributed by atoms with Gasteiger partial charge in [0.25, 0.3) is 0 Å². The Balaban J connectivity index is 1.98. The topological polar surface area (TPSA) is 17.1 Å². The third kappa shape index (κ3) is 7.21. The fraction of sp³-hybridized carbons (Fsp3) is 0.333. The fourth-order valence-corrected chi connectivity index (χ4v) is 3.43. The van der Waals surface area contributed by atoms with Crippen molar-refractivity contribution in [2.45, 2.75) is 52.9 Å². The highest BCUT2D eigenvalue weighted by Crippen LogP contribution is 2.24. The second kappa shape index (κ2) is 11.0. The molecule has 0 fully saturated rings. The van der Waals surface area contributed by atoms with Crippen LogP contribution < -0.4 is 0 Å². The summed E-state index contributed by atoms with van der Waals surface area (Å²) in [5, 5.41) is 0. The molecule has 0 bridgehead atoms. The molecule has 152 valence electrons. The van der Waals surface area contributed by atoms with E-state index in [0.29, 0.717) is 17.9 Å². The Morgan fingerprint density at radius 2 is 1.41 bits per heavy atom. The van der Waals surface area contributed by atoms with Crippen molar-refractivity contribution < 1.29 is 4.79 Å². The highest BCUT2D eigenvalue weighted by atomic mass is 32.1. The molecule has 29 heavy (non-hydrogen) atoms. The maximum Gasteiger partial charge on any atom is 0.162 e. The Morgan fingerprint density at radius 1 is 0.897 bits per heavy atom. The Kier molecular flexibility index (Phi) is 8.72. The summed E-state index contributed by atoms with van der Waals surface area (Å²) in [6.07, 6.45) is 4.74. The van der Waals surface area contributed by atoms with Gasteiger partial charge in [0.2, 0.25) is 0 Å². The molecule has 1 atom stereocenters. The van der Waals surface area contributed by atoms with Gasteiger partial charge in [-0.1, -0.05) is 87.3 Å². The van der Waals surface area contributed by atoms with Crippen LogP contribution in [0.15, 0.2) is 72.8 Å². The van der Waals surface area contributed by atoms with E-state index in [4.69, 9.17) is 12.2 Å². The second-order valence-electron chi connectivity index (χ2n) is 7.99. The molecule has 0 aliphatic heterocycles. The minimum absolute atomic E-state index is 0.0941. The Hall–Kier alpha value is -2.32. The van der Waals surface area contributed by atoms with Crippen molar-refractivity contribution in [3.05, 3.63) is 84.0 Å². The molecule has 2 rings (SSSR count). The first-order valence-corrected chi connectivity index (χ1v) is 10.8. The largest absolute Gasteiger partial charge is 0.294 e. The molecule has 2 aromatic rings. The van der Waals surface area contributed by atoms with Gasteiger partial charge in [0.1, 0.15) is 0 Å². The van der Waals surface area contributed by atoms with Crippen LogP contribution in [0.25, 0.3) is 11.1 Å². The first-order valence-electron chi connectivity index (χ1n) is 10.4. The molecule has 0 saturated heterocycles. The minimum Gasteiger partial charge on any atom is -0.294 e. The lowest BCUT2D eigenvalue weighted by Gasteiger charge is -2.15. The van der Waals surface area contributed by atoms with Gasteiger partial charge in [0, 0.05) is 11.3 Å². The SMILES string of the molecule is C=C(C)C(=O)Cc1ccc(-c2ccc(CC(CC)CCC(=S)C(=C)C)cc2)cc1. The molecule has 2 aromatic carbocycles. The van der Waals surface area contributed by atoms with Crippen LogP contribution in [0.5, 0.6) is 0 Å². The Bertz CT molecular complexity index is 872. The van der Waals surface area contributed by atoms with Gasteiger partial charge in [-0.25, -0.2) is 0 Å². The maximum absolute atomic E-state index is 11.8. The average molecular weight is 405 g/mol. The summed E-state index contributed by atoms with van der Waals surface area (Å²) in [5.41, 5.74) is 6.39. The van der Waals surface area contributed by atoms with Crippen LogP contribution in [0, 0.1) is 5.92 Å². The van der Waals surface area contributed by atoms with E-state index in [1.165, 1.54) is 16.7 Å². The van der Waals surface area contributed by atoms with E-state index in [-0.39, 0.29) is 5.78 Å². The number of ketones is 1. The molecule has 0 aromatic heterocycles. The normalized spacial score (nSPS) is 11.7. The van der Waals surface area contributed by atoms with Crippen LogP contribution in [0.2, 0.25) is 0 Å². The Morgan fingerprint density at radius 3 is 1.86 bits per heavy atom. The van der Waals surface area contributed by atoms with Gasteiger partial charge in [0.15, 0.2) is 5.78 Å². The summed E-state index contributed by atoms with van der Waals surface area (Å²) in [5.74, 6) is 0.736. The first kappa shape index (κ1) is 23.0. The van der Waals surface area contributed by atoms with Gasteiger partial charge < -0.3 is 0 Å². The smallest absolute Gasteiger partial charge is 0.162 e. The molecule has 0 saturated carbocycles. The predicted octanol–water partition coefficient (Wildman–Crippen LogP) is 7.34. The number of hydrogen-bond acceptors (Lipinski definition) is 2. The summed E-state index contributed by atoms with van der Waals surface area (Å²) in [6.45, 7) is 13.7. The molecule has 0 radical (unpaired) electrons. The molecule has 0 spiro atoms. The molecule has 2 heteroatoms. The summed E-state index contributed by atoms with van der Waals surface area (Å²) in [4.78, 5) is 12.8. The lowest BCUT2D eigenvalue weighted by Crippen LogP contribution is -2.06. The van der Waals surface area contributed by atoms with Gasteiger partial charge >= 0.3 is 0 Å². The maximum atomic E-state index is 11.8. The molecule has 0 aliphatic rings. The van der Waals surface area contributed by atoms with E-state index in [2.05, 4.69) is 56.5 Å². The first-order chi connectivity index (χ1) is 13.8. The standard InChI is InChI=1S/C27H32OS/c1-6-21(11-16-27(29)20(4)5)17-22-7-12-24(13-8-22)25-14-9-23(10-15-25)18-26(28)19(2)3/h7-10,12-15,21H,2,4,6,11,16-18H2,1,3,5H3. The van der Waals surface area contributed by atoms with Crippen molar-refractivity contribution in [3.63, 3.8) is 0 Å². The zero-order valence-corrected chi connectivity index (χ0v) is 18.8. The molecule has 1 nitrogen and oxygen atoms in total. The number of hydrogen-bond donors (Lipinski definition) is 0. The monoisotopic (exact) mass is 404 g/mol. The van der Waals surface area contributed by atoms with E-state index >= 15 is 0 Å². The highest BCUT2D eigenvalue weighted by Gasteiger charge is 2.10. The predicted molar refractivity (Wildman–Crippen MR) is 130 cm³/mol. The van der Waals surface area contributed by atoms with Crippen LogP contribution >= 0.6 is 12.2 Å². The third-order valence-corrected chi connectivity index (χ3v) is 5.99. The van der Waals surface area contributed by atoms with E-state index in [1.807, 2.05) is 19.1 Å². The molecular formula is C27H32OS. The van der Waals surface area contributed by atoms with Crippen molar-refractivity contribution in [2.75, 3.05) is 0 Å². The van der Waals surface area contributed by atoms with Crippen LogP contribution in [-0.4, -0.2) is 10.6 Å². The molecule has 0 heterocycles. The van der Waals surface area contributed by atoms with E-state index in [1.54, 1.807) is 6.92 Å². The van der Waals surface area contributed by atoms with E-state index < -0.39 is 0 Å². The van der Waals surface area contributed by atoms with Crippen molar-refractivity contribution in [1.29, 1.82) is 0 Å². The second-order valence-corrected chi connectivity index (χ2v) is 8.49. The van der Waals surface area contributed by atoms with Crippen LogP contribution in [-0.2, 0) is 17.6 Å². The number of carbonyl (C=O) groups is 1. The van der Waals surface area contributed by atoms with Gasteiger partial charge in [-0.05, 0) is 72.4 Å². The van der Waals surface area contributed by atoms with Gasteiger partial charge in [-0.2, -0.15) is 0 Å². The number of benzene rings is 2. The summed E-state index contributed by atoms with van der Waals surface area (Å²) >= 11 is 5.40. The van der Waals surface area contributed by atoms with Crippen LogP contribution in [0.1, 0.15) is 51.2 Å². The number of thiocarbonyl (C=S) groups is 1.